The van der Waals surface area contributed by atoms with Crippen molar-refractivity contribution in [1.82, 2.24) is 15.0 Å². The number of hydrogen-bond acceptors (Lipinski definition) is 5. The van der Waals surface area contributed by atoms with E-state index in [1.165, 1.54) is 11.8 Å². The van der Waals surface area contributed by atoms with E-state index < -0.39 is 0 Å². The molecule has 0 fully saturated rings. The molecule has 122 valence electrons. The zero-order chi connectivity index (χ0) is 16.9. The maximum absolute atomic E-state index is 12.4. The Morgan fingerprint density at radius 1 is 1.08 bits per heavy atom. The minimum atomic E-state index is -0.385. The van der Waals surface area contributed by atoms with Gasteiger partial charge in [0.2, 0.25) is 0 Å². The Balaban J connectivity index is 1.82. The number of nitrogens with one attached hydrogen (secondary N) is 1. The molecule has 0 aliphatic rings. The Labute approximate surface area is 138 Å². The zero-order valence-corrected chi connectivity index (χ0v) is 13.3. The lowest BCUT2D eigenvalue weighted by Crippen LogP contribution is -2.13. The van der Waals surface area contributed by atoms with Gasteiger partial charge in [0, 0.05) is 6.07 Å². The number of methoxy groups -OCH3 is 2. The molecule has 0 aliphatic heterocycles. The maximum Gasteiger partial charge on any atom is 0.277 e. The Morgan fingerprint density at radius 2 is 1.88 bits per heavy atom. The fraction of sp³-hybridized carbons (Fsp3) is 0.118. The standard InChI is InChI=1S/C17H16N4O3/c1-23-13-8-9-16(24-2)14(10-13)18-17(22)15-11-21(20-19-15)12-6-4-3-5-7-12/h3-11H,1-2H3,(H,18,22). The predicted octanol–water partition coefficient (Wildman–Crippen LogP) is 2.54. The predicted molar refractivity (Wildman–Crippen MR) is 88.9 cm³/mol. The molecule has 0 unspecified atom stereocenters. The van der Waals surface area contributed by atoms with Gasteiger partial charge < -0.3 is 14.8 Å². The molecular weight excluding hydrogens is 308 g/mol. The summed E-state index contributed by atoms with van der Waals surface area (Å²) in [7, 11) is 3.09. The van der Waals surface area contributed by atoms with Crippen molar-refractivity contribution in [2.45, 2.75) is 0 Å². The second kappa shape index (κ2) is 6.82. The minimum absolute atomic E-state index is 0.198. The van der Waals surface area contributed by atoms with Crippen LogP contribution in [0.3, 0.4) is 0 Å². The summed E-state index contributed by atoms with van der Waals surface area (Å²) in [5.41, 5.74) is 1.52. The van der Waals surface area contributed by atoms with Gasteiger partial charge in [-0.2, -0.15) is 0 Å². The van der Waals surface area contributed by atoms with Gasteiger partial charge in [0.1, 0.15) is 11.5 Å². The second-order valence-electron chi connectivity index (χ2n) is 4.90. The summed E-state index contributed by atoms with van der Waals surface area (Å²) < 4.78 is 11.9. The van der Waals surface area contributed by atoms with E-state index in [0.717, 1.165) is 5.69 Å². The van der Waals surface area contributed by atoms with Gasteiger partial charge in [0.25, 0.3) is 5.91 Å². The van der Waals surface area contributed by atoms with Crippen molar-refractivity contribution in [3.05, 3.63) is 60.4 Å². The van der Waals surface area contributed by atoms with E-state index in [1.54, 1.807) is 31.5 Å². The molecule has 2 aromatic carbocycles. The molecule has 7 heteroatoms. The van der Waals surface area contributed by atoms with Crippen LogP contribution in [0.4, 0.5) is 5.69 Å². The molecule has 0 radical (unpaired) electrons. The van der Waals surface area contributed by atoms with Crippen LogP contribution in [-0.4, -0.2) is 35.1 Å². The van der Waals surface area contributed by atoms with Gasteiger partial charge in [-0.25, -0.2) is 4.68 Å². The van der Waals surface area contributed by atoms with Crippen LogP contribution in [0.5, 0.6) is 11.5 Å². The smallest absolute Gasteiger partial charge is 0.277 e. The molecule has 3 rings (SSSR count). The number of ether oxygens (including phenoxy) is 2. The highest BCUT2D eigenvalue weighted by Crippen LogP contribution is 2.29. The third-order valence-electron chi connectivity index (χ3n) is 3.40. The number of nitrogens with zero attached hydrogens (tertiary/aromatic N) is 3. The number of rotatable bonds is 5. The SMILES string of the molecule is COc1ccc(OC)c(NC(=O)c2cn(-c3ccccc3)nn2)c1. The van der Waals surface area contributed by atoms with E-state index >= 15 is 0 Å². The number of aromatic nitrogens is 3. The summed E-state index contributed by atoms with van der Waals surface area (Å²) in [6.07, 6.45) is 1.57. The quantitative estimate of drug-likeness (QED) is 0.780. The Morgan fingerprint density at radius 3 is 2.58 bits per heavy atom. The van der Waals surface area contributed by atoms with Crippen molar-refractivity contribution in [3.63, 3.8) is 0 Å². The van der Waals surface area contributed by atoms with Gasteiger partial charge in [-0.3, -0.25) is 4.79 Å². The molecule has 0 atom stereocenters. The van der Waals surface area contributed by atoms with Crippen LogP contribution >= 0.6 is 0 Å². The van der Waals surface area contributed by atoms with Crippen LogP contribution < -0.4 is 14.8 Å². The highest BCUT2D eigenvalue weighted by Gasteiger charge is 2.14. The monoisotopic (exact) mass is 324 g/mol. The van der Waals surface area contributed by atoms with E-state index in [0.29, 0.717) is 17.2 Å². The first kappa shape index (κ1) is 15.5. The minimum Gasteiger partial charge on any atom is -0.497 e. The molecule has 3 aromatic rings. The number of amides is 1. The first-order valence-corrected chi connectivity index (χ1v) is 7.22. The van der Waals surface area contributed by atoms with E-state index in [4.69, 9.17) is 9.47 Å². The molecule has 1 amide bonds. The van der Waals surface area contributed by atoms with Gasteiger partial charge in [0.05, 0.1) is 31.8 Å². The van der Waals surface area contributed by atoms with Crippen LogP contribution in [0.2, 0.25) is 0 Å². The van der Waals surface area contributed by atoms with Gasteiger partial charge in [-0.15, -0.1) is 5.10 Å². The first-order valence-electron chi connectivity index (χ1n) is 7.22. The summed E-state index contributed by atoms with van der Waals surface area (Å²) in [4.78, 5) is 12.4. The van der Waals surface area contributed by atoms with Gasteiger partial charge in [0.15, 0.2) is 5.69 Å². The fourth-order valence-electron chi connectivity index (χ4n) is 2.17. The highest BCUT2D eigenvalue weighted by atomic mass is 16.5. The number of benzene rings is 2. The van der Waals surface area contributed by atoms with Crippen LogP contribution in [-0.2, 0) is 0 Å². The van der Waals surface area contributed by atoms with Crippen LogP contribution in [0, 0.1) is 0 Å². The van der Waals surface area contributed by atoms with Gasteiger partial charge in [-0.05, 0) is 24.3 Å². The number of hydrogen-bond donors (Lipinski definition) is 1. The molecule has 7 nitrogen and oxygen atoms in total. The zero-order valence-electron chi connectivity index (χ0n) is 13.3. The number of para-hydroxylation sites is 1. The summed E-state index contributed by atoms with van der Waals surface area (Å²) in [6.45, 7) is 0. The van der Waals surface area contributed by atoms with Crippen molar-refractivity contribution in [2.24, 2.45) is 0 Å². The van der Waals surface area contributed by atoms with Crippen molar-refractivity contribution >= 4 is 11.6 Å². The van der Waals surface area contributed by atoms with Crippen LogP contribution in [0.25, 0.3) is 5.69 Å². The van der Waals surface area contributed by atoms with Crippen LogP contribution in [0.15, 0.2) is 54.7 Å². The fourth-order valence-corrected chi connectivity index (χ4v) is 2.17. The largest absolute Gasteiger partial charge is 0.497 e. The van der Waals surface area contributed by atoms with E-state index in [2.05, 4.69) is 15.6 Å². The highest BCUT2D eigenvalue weighted by molar-refractivity contribution is 6.03. The van der Waals surface area contributed by atoms with E-state index in [1.807, 2.05) is 30.3 Å². The Hall–Kier alpha value is -3.35. The molecule has 0 saturated carbocycles. The lowest BCUT2D eigenvalue weighted by Gasteiger charge is -2.10. The van der Waals surface area contributed by atoms with E-state index in [-0.39, 0.29) is 11.6 Å². The summed E-state index contributed by atoms with van der Waals surface area (Å²) in [6, 6.07) is 14.6. The van der Waals surface area contributed by atoms with E-state index in [9.17, 15) is 4.79 Å². The molecule has 24 heavy (non-hydrogen) atoms. The first-order chi connectivity index (χ1) is 11.7. The lowest BCUT2D eigenvalue weighted by atomic mass is 10.2. The molecule has 1 N–H and O–H groups in total. The van der Waals surface area contributed by atoms with Crippen molar-refractivity contribution in [2.75, 3.05) is 19.5 Å². The average Bonchev–Trinajstić information content (AvgIpc) is 3.12. The second-order valence-corrected chi connectivity index (χ2v) is 4.90. The molecule has 1 heterocycles. The Bertz CT molecular complexity index is 846. The topological polar surface area (TPSA) is 78.3 Å². The molecule has 0 bridgehead atoms. The van der Waals surface area contributed by atoms with Crippen molar-refractivity contribution in [1.29, 1.82) is 0 Å². The molecular formula is C17H16N4O3. The maximum atomic E-state index is 12.4. The number of carbonyl (C=O) groups excluding carboxylic acids is 1. The summed E-state index contributed by atoms with van der Waals surface area (Å²) in [5.74, 6) is 0.752. The average molecular weight is 324 g/mol. The number of carbonyl (C=O) groups is 1. The normalized spacial score (nSPS) is 10.2. The summed E-state index contributed by atoms with van der Waals surface area (Å²) >= 11 is 0. The molecule has 0 aliphatic carbocycles. The van der Waals surface area contributed by atoms with Crippen molar-refractivity contribution in [3.8, 4) is 17.2 Å². The number of anilines is 1. The van der Waals surface area contributed by atoms with Gasteiger partial charge in [-0.1, -0.05) is 23.4 Å². The van der Waals surface area contributed by atoms with Gasteiger partial charge >= 0.3 is 0 Å². The summed E-state index contributed by atoms with van der Waals surface area (Å²) in [5, 5.41) is 10.6. The lowest BCUT2D eigenvalue weighted by molar-refractivity contribution is 0.102. The third kappa shape index (κ3) is 3.19. The molecule has 0 spiro atoms. The van der Waals surface area contributed by atoms with Crippen molar-refractivity contribution < 1.29 is 14.3 Å². The Kier molecular flexibility index (Phi) is 4.42. The van der Waals surface area contributed by atoms with Crippen LogP contribution in [0.1, 0.15) is 10.5 Å². The third-order valence-corrected chi connectivity index (χ3v) is 3.40. The molecule has 1 aromatic heterocycles. The molecule has 0 saturated heterocycles.